The number of rotatable bonds is 2. The van der Waals surface area contributed by atoms with Gasteiger partial charge in [0.15, 0.2) is 0 Å². The summed E-state index contributed by atoms with van der Waals surface area (Å²) in [4.78, 5) is 0. The molecule has 0 radical (unpaired) electrons. The Hall–Kier alpha value is -2.74. The zero-order valence-electron chi connectivity index (χ0n) is 10.7. The Morgan fingerprint density at radius 3 is 1.40 bits per heavy atom. The van der Waals surface area contributed by atoms with Gasteiger partial charge in [0, 0.05) is 11.1 Å². The first-order valence-electron chi connectivity index (χ1n) is 6.49. The van der Waals surface area contributed by atoms with Gasteiger partial charge in [0.2, 0.25) is 0 Å². The maximum atomic E-state index is 5.14. The van der Waals surface area contributed by atoms with Gasteiger partial charge in [-0.25, -0.2) is 0 Å². The minimum absolute atomic E-state index is 1.10. The molecule has 96 valence electrons. The van der Waals surface area contributed by atoms with E-state index in [4.69, 9.17) is 8.83 Å². The first kappa shape index (κ1) is 11.1. The minimum Gasteiger partial charge on any atom is -0.472 e. The maximum Gasteiger partial charge on any atom is 0.0980 e. The molecule has 0 aliphatic carbocycles. The lowest BCUT2D eigenvalue weighted by Crippen LogP contribution is -1.79. The van der Waals surface area contributed by atoms with E-state index in [-0.39, 0.29) is 0 Å². The first-order chi connectivity index (χ1) is 9.90. The van der Waals surface area contributed by atoms with E-state index >= 15 is 0 Å². The van der Waals surface area contributed by atoms with Crippen LogP contribution < -0.4 is 0 Å². The van der Waals surface area contributed by atoms with Gasteiger partial charge in [-0.1, -0.05) is 24.3 Å². The second-order valence-electron chi connectivity index (χ2n) is 4.80. The Labute approximate surface area is 116 Å². The molecule has 0 aliphatic rings. The molecule has 4 rings (SSSR count). The van der Waals surface area contributed by atoms with E-state index in [0.717, 1.165) is 11.1 Å². The van der Waals surface area contributed by atoms with Crippen molar-refractivity contribution in [3.05, 3.63) is 73.6 Å². The minimum atomic E-state index is 1.10. The summed E-state index contributed by atoms with van der Waals surface area (Å²) in [5, 5.41) is 2.44. The Morgan fingerprint density at radius 2 is 1.00 bits per heavy atom. The van der Waals surface area contributed by atoms with Crippen LogP contribution in [0, 0.1) is 0 Å². The molecule has 0 spiro atoms. The molecular weight excluding hydrogens is 248 g/mol. The molecule has 2 aromatic carbocycles. The highest BCUT2D eigenvalue weighted by Gasteiger charge is 2.03. The molecule has 0 amide bonds. The fourth-order valence-electron chi connectivity index (χ4n) is 2.46. The molecule has 0 N–H and O–H groups in total. The van der Waals surface area contributed by atoms with Gasteiger partial charge in [0.25, 0.3) is 0 Å². The summed E-state index contributed by atoms with van der Waals surface area (Å²) in [5.41, 5.74) is 4.54. The van der Waals surface area contributed by atoms with Crippen LogP contribution in [0.3, 0.4) is 0 Å². The van der Waals surface area contributed by atoms with Crippen LogP contribution in [-0.4, -0.2) is 0 Å². The SMILES string of the molecule is c1cc(-c2ccc3cc(-c4ccoc4)ccc3c2)co1. The molecule has 0 atom stereocenters. The standard InChI is InChI=1S/C18H12O2/c1-3-15(17-5-7-19-11-17)10-14-2-4-16(9-13(1)14)18-6-8-20-12-18/h1-12H. The van der Waals surface area contributed by atoms with E-state index in [1.165, 1.54) is 21.9 Å². The second-order valence-corrected chi connectivity index (χ2v) is 4.80. The molecule has 0 aliphatic heterocycles. The quantitative estimate of drug-likeness (QED) is 0.485. The second kappa shape index (κ2) is 4.42. The van der Waals surface area contributed by atoms with Crippen molar-refractivity contribution in [1.82, 2.24) is 0 Å². The molecule has 0 saturated carbocycles. The van der Waals surface area contributed by atoms with Crippen LogP contribution in [0.5, 0.6) is 0 Å². The monoisotopic (exact) mass is 260 g/mol. The van der Waals surface area contributed by atoms with Crippen molar-refractivity contribution in [3.63, 3.8) is 0 Å². The summed E-state index contributed by atoms with van der Waals surface area (Å²) in [7, 11) is 0. The number of furan rings is 2. The van der Waals surface area contributed by atoms with Crippen molar-refractivity contribution >= 4 is 10.8 Å². The molecule has 0 unspecified atom stereocenters. The van der Waals surface area contributed by atoms with E-state index in [0.29, 0.717) is 0 Å². The summed E-state index contributed by atoms with van der Waals surface area (Å²) in [5.74, 6) is 0. The average Bonchev–Trinajstić information content (AvgIpc) is 3.19. The molecule has 2 heterocycles. The molecule has 0 bridgehead atoms. The van der Waals surface area contributed by atoms with Gasteiger partial charge in [-0.2, -0.15) is 0 Å². The van der Waals surface area contributed by atoms with Gasteiger partial charge in [-0.05, 0) is 46.2 Å². The third-order valence-corrected chi connectivity index (χ3v) is 3.55. The fraction of sp³-hybridized carbons (Fsp3) is 0. The molecule has 0 fully saturated rings. The summed E-state index contributed by atoms with van der Waals surface area (Å²) >= 11 is 0. The Balaban J connectivity index is 1.83. The fourth-order valence-corrected chi connectivity index (χ4v) is 2.46. The van der Waals surface area contributed by atoms with E-state index < -0.39 is 0 Å². The smallest absolute Gasteiger partial charge is 0.0980 e. The van der Waals surface area contributed by atoms with Crippen LogP contribution in [0.4, 0.5) is 0 Å². The average molecular weight is 260 g/mol. The molecule has 2 nitrogen and oxygen atoms in total. The zero-order chi connectivity index (χ0) is 13.4. The lowest BCUT2D eigenvalue weighted by atomic mass is 10.00. The highest BCUT2D eigenvalue weighted by atomic mass is 16.3. The van der Waals surface area contributed by atoms with Crippen LogP contribution in [0.1, 0.15) is 0 Å². The first-order valence-corrected chi connectivity index (χ1v) is 6.49. The predicted octanol–water partition coefficient (Wildman–Crippen LogP) is 5.36. The lowest BCUT2D eigenvalue weighted by molar-refractivity contribution is 0.568. The van der Waals surface area contributed by atoms with Crippen molar-refractivity contribution in [1.29, 1.82) is 0 Å². The topological polar surface area (TPSA) is 26.3 Å². The Kier molecular flexibility index (Phi) is 2.46. The zero-order valence-corrected chi connectivity index (χ0v) is 10.7. The highest BCUT2D eigenvalue weighted by molar-refractivity contribution is 5.90. The van der Waals surface area contributed by atoms with Gasteiger partial charge in [0.1, 0.15) is 0 Å². The molecule has 4 aromatic rings. The van der Waals surface area contributed by atoms with Crippen molar-refractivity contribution in [2.45, 2.75) is 0 Å². The van der Waals surface area contributed by atoms with Crippen LogP contribution in [-0.2, 0) is 0 Å². The number of fused-ring (bicyclic) bond motifs is 1. The van der Waals surface area contributed by atoms with Crippen LogP contribution in [0.2, 0.25) is 0 Å². The normalized spacial score (nSPS) is 11.0. The number of hydrogen-bond acceptors (Lipinski definition) is 2. The van der Waals surface area contributed by atoms with E-state index in [2.05, 4.69) is 36.4 Å². The molecule has 2 aromatic heterocycles. The van der Waals surface area contributed by atoms with Gasteiger partial charge in [0.05, 0.1) is 25.1 Å². The van der Waals surface area contributed by atoms with Crippen molar-refractivity contribution < 1.29 is 8.83 Å². The molecule has 20 heavy (non-hydrogen) atoms. The van der Waals surface area contributed by atoms with Gasteiger partial charge in [-0.3, -0.25) is 0 Å². The summed E-state index contributed by atoms with van der Waals surface area (Å²) in [6.07, 6.45) is 6.92. The van der Waals surface area contributed by atoms with Crippen molar-refractivity contribution in [2.24, 2.45) is 0 Å². The Morgan fingerprint density at radius 1 is 0.500 bits per heavy atom. The van der Waals surface area contributed by atoms with Gasteiger partial charge < -0.3 is 8.83 Å². The number of benzene rings is 2. The predicted molar refractivity (Wildman–Crippen MR) is 79.4 cm³/mol. The van der Waals surface area contributed by atoms with Gasteiger partial charge in [-0.15, -0.1) is 0 Å². The van der Waals surface area contributed by atoms with Crippen molar-refractivity contribution in [2.75, 3.05) is 0 Å². The maximum absolute atomic E-state index is 5.14. The summed E-state index contributed by atoms with van der Waals surface area (Å²) in [6, 6.07) is 16.8. The van der Waals surface area contributed by atoms with E-state index in [9.17, 15) is 0 Å². The third-order valence-electron chi connectivity index (χ3n) is 3.55. The summed E-state index contributed by atoms with van der Waals surface area (Å²) < 4.78 is 10.3. The largest absolute Gasteiger partial charge is 0.472 e. The molecular formula is C18H12O2. The number of hydrogen-bond donors (Lipinski definition) is 0. The van der Waals surface area contributed by atoms with Crippen LogP contribution in [0.25, 0.3) is 33.0 Å². The summed E-state index contributed by atoms with van der Waals surface area (Å²) in [6.45, 7) is 0. The third kappa shape index (κ3) is 1.82. The Bertz CT molecular complexity index is 767. The van der Waals surface area contributed by atoms with Crippen molar-refractivity contribution in [3.8, 4) is 22.3 Å². The van der Waals surface area contributed by atoms with E-state index in [1.54, 1.807) is 25.1 Å². The van der Waals surface area contributed by atoms with Gasteiger partial charge >= 0.3 is 0 Å². The van der Waals surface area contributed by atoms with E-state index in [1.807, 2.05) is 12.1 Å². The van der Waals surface area contributed by atoms with Crippen LogP contribution in [0.15, 0.2) is 82.4 Å². The molecule has 0 saturated heterocycles. The lowest BCUT2D eigenvalue weighted by Gasteiger charge is -2.04. The molecule has 2 heteroatoms. The van der Waals surface area contributed by atoms with Crippen LogP contribution >= 0.6 is 0 Å². The highest BCUT2D eigenvalue weighted by Crippen LogP contribution is 2.28.